The van der Waals surface area contributed by atoms with Gasteiger partial charge in [0.25, 0.3) is 0 Å². The van der Waals surface area contributed by atoms with Crippen molar-refractivity contribution in [2.24, 2.45) is 0 Å². The molecular formula is C11H12O6. The van der Waals surface area contributed by atoms with Crippen molar-refractivity contribution in [2.45, 2.75) is 0 Å². The average molecular weight is 240 g/mol. The monoisotopic (exact) mass is 240 g/mol. The number of methoxy groups -OCH3 is 2. The Labute approximate surface area is 97.7 Å². The minimum atomic E-state index is -0.889. The molecule has 1 rings (SSSR count). The van der Waals surface area contributed by atoms with Gasteiger partial charge < -0.3 is 19.3 Å². The van der Waals surface area contributed by atoms with Gasteiger partial charge in [-0.2, -0.15) is 0 Å². The van der Waals surface area contributed by atoms with Crippen molar-refractivity contribution < 1.29 is 28.9 Å². The standard InChI is InChI=1S/C11H12O6/c1-15-8-5-3-4-7(11(14)16-2)10(8)17-9(13)6-12/h3-5,12H,6H2,1-2H3. The molecule has 0 atom stereocenters. The second-order valence-electron chi connectivity index (χ2n) is 2.96. The van der Waals surface area contributed by atoms with Crippen LogP contribution in [0, 0.1) is 0 Å². The van der Waals surface area contributed by atoms with Crippen molar-refractivity contribution in [2.75, 3.05) is 20.8 Å². The summed E-state index contributed by atoms with van der Waals surface area (Å²) in [6.45, 7) is -0.793. The largest absolute Gasteiger partial charge is 0.493 e. The quantitative estimate of drug-likeness (QED) is 0.605. The van der Waals surface area contributed by atoms with Crippen LogP contribution in [0.2, 0.25) is 0 Å². The smallest absolute Gasteiger partial charge is 0.341 e. The van der Waals surface area contributed by atoms with Gasteiger partial charge in [-0.05, 0) is 12.1 Å². The molecule has 1 aromatic rings. The molecule has 6 nitrogen and oxygen atoms in total. The number of hydrogen-bond donors (Lipinski definition) is 1. The fourth-order valence-electron chi connectivity index (χ4n) is 1.20. The van der Waals surface area contributed by atoms with Gasteiger partial charge in [-0.15, -0.1) is 0 Å². The van der Waals surface area contributed by atoms with Crippen molar-refractivity contribution in [1.29, 1.82) is 0 Å². The van der Waals surface area contributed by atoms with E-state index in [9.17, 15) is 9.59 Å². The molecule has 6 heteroatoms. The second kappa shape index (κ2) is 5.86. The van der Waals surface area contributed by atoms with Crippen LogP contribution in [0.4, 0.5) is 0 Å². The van der Waals surface area contributed by atoms with Crippen LogP contribution in [0.15, 0.2) is 18.2 Å². The Morgan fingerprint density at radius 3 is 2.53 bits per heavy atom. The third-order valence-corrected chi connectivity index (χ3v) is 1.95. The molecule has 0 spiro atoms. The highest BCUT2D eigenvalue weighted by atomic mass is 16.6. The number of aliphatic hydroxyl groups excluding tert-OH is 1. The normalized spacial score (nSPS) is 9.59. The number of benzene rings is 1. The molecule has 1 N–H and O–H groups in total. The van der Waals surface area contributed by atoms with Crippen LogP contribution in [-0.4, -0.2) is 37.9 Å². The lowest BCUT2D eigenvalue weighted by molar-refractivity contribution is -0.137. The molecule has 0 saturated carbocycles. The molecule has 0 fully saturated rings. The van der Waals surface area contributed by atoms with E-state index in [1.54, 1.807) is 6.07 Å². The summed E-state index contributed by atoms with van der Waals surface area (Å²) in [5, 5.41) is 8.61. The Hall–Kier alpha value is -2.08. The number of para-hydroxylation sites is 1. The molecule has 0 heterocycles. The van der Waals surface area contributed by atoms with Gasteiger partial charge in [0.2, 0.25) is 0 Å². The van der Waals surface area contributed by atoms with Crippen molar-refractivity contribution in [3.63, 3.8) is 0 Å². The number of carbonyl (C=O) groups is 2. The molecule has 0 saturated heterocycles. The lowest BCUT2D eigenvalue weighted by atomic mass is 10.2. The first-order valence-corrected chi connectivity index (χ1v) is 4.71. The van der Waals surface area contributed by atoms with E-state index in [2.05, 4.69) is 4.74 Å². The highest BCUT2D eigenvalue weighted by Crippen LogP contribution is 2.31. The highest BCUT2D eigenvalue weighted by molar-refractivity contribution is 5.94. The molecule has 0 radical (unpaired) electrons. The third kappa shape index (κ3) is 2.94. The van der Waals surface area contributed by atoms with E-state index < -0.39 is 18.5 Å². The first-order chi connectivity index (χ1) is 8.13. The number of carbonyl (C=O) groups excluding carboxylic acids is 2. The fourth-order valence-corrected chi connectivity index (χ4v) is 1.20. The van der Waals surface area contributed by atoms with Crippen LogP contribution < -0.4 is 9.47 Å². The molecule has 0 aliphatic carbocycles. The van der Waals surface area contributed by atoms with Crippen molar-refractivity contribution in [3.8, 4) is 11.5 Å². The first kappa shape index (κ1) is 13.0. The molecule has 17 heavy (non-hydrogen) atoms. The minimum Gasteiger partial charge on any atom is -0.493 e. The lowest BCUT2D eigenvalue weighted by Gasteiger charge is -2.11. The van der Waals surface area contributed by atoms with Crippen LogP contribution in [0.3, 0.4) is 0 Å². The SMILES string of the molecule is COC(=O)c1cccc(OC)c1OC(=O)CO. The topological polar surface area (TPSA) is 82.1 Å². The molecule has 0 amide bonds. The maximum atomic E-state index is 11.4. The number of esters is 2. The molecule has 92 valence electrons. The summed E-state index contributed by atoms with van der Waals surface area (Å²) < 4.78 is 14.3. The van der Waals surface area contributed by atoms with Gasteiger partial charge in [-0.25, -0.2) is 9.59 Å². The molecule has 1 aromatic carbocycles. The van der Waals surface area contributed by atoms with Crippen LogP contribution in [0.1, 0.15) is 10.4 Å². The van der Waals surface area contributed by atoms with Crippen molar-refractivity contribution >= 4 is 11.9 Å². The van der Waals surface area contributed by atoms with Crippen LogP contribution in [-0.2, 0) is 9.53 Å². The molecule has 0 aromatic heterocycles. The number of ether oxygens (including phenoxy) is 3. The number of rotatable bonds is 4. The fraction of sp³-hybridized carbons (Fsp3) is 0.273. The van der Waals surface area contributed by atoms with Gasteiger partial charge in [-0.3, -0.25) is 0 Å². The average Bonchev–Trinajstić information content (AvgIpc) is 2.37. The lowest BCUT2D eigenvalue weighted by Crippen LogP contribution is -2.15. The zero-order valence-electron chi connectivity index (χ0n) is 9.43. The number of hydrogen-bond acceptors (Lipinski definition) is 6. The van der Waals surface area contributed by atoms with E-state index in [1.165, 1.54) is 26.4 Å². The van der Waals surface area contributed by atoms with Crippen LogP contribution in [0.25, 0.3) is 0 Å². The van der Waals surface area contributed by atoms with Gasteiger partial charge >= 0.3 is 11.9 Å². The number of aliphatic hydroxyl groups is 1. The minimum absolute atomic E-state index is 0.0497. The van der Waals surface area contributed by atoms with Gasteiger partial charge in [0.05, 0.1) is 14.2 Å². The molecule has 0 unspecified atom stereocenters. The van der Waals surface area contributed by atoms with Crippen LogP contribution >= 0.6 is 0 Å². The van der Waals surface area contributed by atoms with E-state index in [1.807, 2.05) is 0 Å². The van der Waals surface area contributed by atoms with Gasteiger partial charge in [-0.1, -0.05) is 6.07 Å². The summed E-state index contributed by atoms with van der Waals surface area (Å²) in [4.78, 5) is 22.5. The Bertz CT molecular complexity index is 426. The van der Waals surface area contributed by atoms with E-state index in [-0.39, 0.29) is 17.1 Å². The predicted molar refractivity (Wildman–Crippen MR) is 57.1 cm³/mol. The maximum Gasteiger partial charge on any atom is 0.341 e. The van der Waals surface area contributed by atoms with Gasteiger partial charge in [0, 0.05) is 0 Å². The maximum absolute atomic E-state index is 11.4. The van der Waals surface area contributed by atoms with E-state index >= 15 is 0 Å². The predicted octanol–water partition coefficient (Wildman–Crippen LogP) is 0.379. The molecule has 0 bridgehead atoms. The van der Waals surface area contributed by atoms with E-state index in [0.29, 0.717) is 0 Å². The Morgan fingerprint density at radius 1 is 1.29 bits per heavy atom. The van der Waals surface area contributed by atoms with Gasteiger partial charge in [0.1, 0.15) is 12.2 Å². The van der Waals surface area contributed by atoms with E-state index in [0.717, 1.165) is 0 Å². The van der Waals surface area contributed by atoms with Crippen LogP contribution in [0.5, 0.6) is 11.5 Å². The molecular weight excluding hydrogens is 228 g/mol. The van der Waals surface area contributed by atoms with Crippen molar-refractivity contribution in [1.82, 2.24) is 0 Å². The Balaban J connectivity index is 3.20. The summed E-state index contributed by atoms with van der Waals surface area (Å²) in [6, 6.07) is 4.50. The summed E-state index contributed by atoms with van der Waals surface area (Å²) >= 11 is 0. The zero-order chi connectivity index (χ0) is 12.8. The molecule has 0 aliphatic rings. The van der Waals surface area contributed by atoms with E-state index in [4.69, 9.17) is 14.6 Å². The third-order valence-electron chi connectivity index (χ3n) is 1.95. The zero-order valence-corrected chi connectivity index (χ0v) is 9.43. The summed E-state index contributed by atoms with van der Waals surface area (Å²) in [7, 11) is 2.58. The summed E-state index contributed by atoms with van der Waals surface area (Å²) in [5.41, 5.74) is 0.0497. The summed E-state index contributed by atoms with van der Waals surface area (Å²) in [6.07, 6.45) is 0. The Kier molecular flexibility index (Phi) is 4.47. The van der Waals surface area contributed by atoms with Gasteiger partial charge in [0.15, 0.2) is 11.5 Å². The van der Waals surface area contributed by atoms with Crippen molar-refractivity contribution in [3.05, 3.63) is 23.8 Å². The second-order valence-corrected chi connectivity index (χ2v) is 2.96. The summed E-state index contributed by atoms with van der Waals surface area (Å²) in [5.74, 6) is -1.42. The Morgan fingerprint density at radius 2 is 2.00 bits per heavy atom. The highest BCUT2D eigenvalue weighted by Gasteiger charge is 2.19. The first-order valence-electron chi connectivity index (χ1n) is 4.71. The molecule has 0 aliphatic heterocycles.